The van der Waals surface area contributed by atoms with Crippen molar-refractivity contribution in [3.63, 3.8) is 0 Å². The summed E-state index contributed by atoms with van der Waals surface area (Å²) < 4.78 is 26.1. The number of aromatic nitrogens is 2. The van der Waals surface area contributed by atoms with E-state index in [1.807, 2.05) is 6.92 Å². The van der Waals surface area contributed by atoms with Crippen LogP contribution in [-0.2, 0) is 14.8 Å². The molecule has 0 spiro atoms. The summed E-state index contributed by atoms with van der Waals surface area (Å²) in [6, 6.07) is 1.34. The average molecular weight is 287 g/mol. The first-order valence-electron chi connectivity index (χ1n) is 6.21. The monoisotopic (exact) mass is 287 g/mol. The first kappa shape index (κ1) is 14.0. The molecule has 1 aliphatic rings. The highest BCUT2D eigenvalue weighted by Gasteiger charge is 2.52. The standard InChI is InChI=1S/C11H17N3O4S/c1-2-5-11(10(15)16)6-3-8-14(11)19(17,18)9-4-7-12-13-9/h4,7H,2-3,5-6,8H2,1H3,(H,12,13)(H,15,16). The van der Waals surface area contributed by atoms with E-state index >= 15 is 0 Å². The van der Waals surface area contributed by atoms with Gasteiger partial charge in [-0.1, -0.05) is 13.3 Å². The van der Waals surface area contributed by atoms with Crippen molar-refractivity contribution in [3.8, 4) is 0 Å². The molecule has 19 heavy (non-hydrogen) atoms. The molecule has 0 aromatic carbocycles. The van der Waals surface area contributed by atoms with Gasteiger partial charge in [0.05, 0.1) is 6.20 Å². The predicted octanol–water partition coefficient (Wildman–Crippen LogP) is 0.818. The van der Waals surface area contributed by atoms with Gasteiger partial charge in [-0.2, -0.15) is 9.40 Å². The number of hydrogen-bond donors (Lipinski definition) is 2. The molecular weight excluding hydrogens is 270 g/mol. The van der Waals surface area contributed by atoms with Crippen LogP contribution in [0.3, 0.4) is 0 Å². The first-order valence-corrected chi connectivity index (χ1v) is 7.65. The summed E-state index contributed by atoms with van der Waals surface area (Å²) in [7, 11) is -3.84. The summed E-state index contributed by atoms with van der Waals surface area (Å²) in [5.74, 6) is -1.07. The Hall–Kier alpha value is -1.41. The van der Waals surface area contributed by atoms with Crippen LogP contribution in [0.1, 0.15) is 32.6 Å². The summed E-state index contributed by atoms with van der Waals surface area (Å²) in [5.41, 5.74) is -1.32. The molecule has 1 unspecified atom stereocenters. The van der Waals surface area contributed by atoms with Crippen molar-refractivity contribution in [1.29, 1.82) is 0 Å². The Labute approximate surface area is 111 Å². The molecule has 7 nitrogen and oxygen atoms in total. The Balaban J connectivity index is 2.46. The fourth-order valence-corrected chi connectivity index (χ4v) is 4.42. The minimum atomic E-state index is -3.84. The largest absolute Gasteiger partial charge is 0.480 e. The summed E-state index contributed by atoms with van der Waals surface area (Å²) in [4.78, 5) is 11.6. The summed E-state index contributed by atoms with van der Waals surface area (Å²) in [6.07, 6.45) is 3.17. The molecule has 0 radical (unpaired) electrons. The maximum atomic E-state index is 12.5. The highest BCUT2D eigenvalue weighted by atomic mass is 32.2. The minimum Gasteiger partial charge on any atom is -0.480 e. The summed E-state index contributed by atoms with van der Waals surface area (Å²) in [6.45, 7) is 2.08. The van der Waals surface area contributed by atoms with Crippen LogP contribution < -0.4 is 0 Å². The van der Waals surface area contributed by atoms with E-state index in [0.29, 0.717) is 25.7 Å². The molecule has 1 aromatic heterocycles. The maximum absolute atomic E-state index is 12.5. The Morgan fingerprint density at radius 3 is 2.89 bits per heavy atom. The second-order valence-corrected chi connectivity index (χ2v) is 6.52. The van der Waals surface area contributed by atoms with Gasteiger partial charge in [-0.05, 0) is 25.3 Å². The molecule has 2 heterocycles. The molecule has 1 aromatic rings. The van der Waals surface area contributed by atoms with E-state index in [9.17, 15) is 18.3 Å². The molecular formula is C11H17N3O4S. The number of hydrogen-bond acceptors (Lipinski definition) is 4. The van der Waals surface area contributed by atoms with Gasteiger partial charge in [-0.25, -0.2) is 8.42 Å². The lowest BCUT2D eigenvalue weighted by molar-refractivity contribution is -0.147. The maximum Gasteiger partial charge on any atom is 0.325 e. The van der Waals surface area contributed by atoms with E-state index in [0.717, 1.165) is 4.31 Å². The van der Waals surface area contributed by atoms with Crippen LogP contribution in [0.15, 0.2) is 17.3 Å². The van der Waals surface area contributed by atoms with E-state index in [4.69, 9.17) is 0 Å². The third-order valence-electron chi connectivity index (χ3n) is 3.53. The number of carbonyl (C=O) groups is 1. The van der Waals surface area contributed by atoms with Gasteiger partial charge in [-0.3, -0.25) is 9.89 Å². The summed E-state index contributed by atoms with van der Waals surface area (Å²) >= 11 is 0. The van der Waals surface area contributed by atoms with Crippen molar-refractivity contribution >= 4 is 16.0 Å². The van der Waals surface area contributed by atoms with Crippen LogP contribution >= 0.6 is 0 Å². The fraction of sp³-hybridized carbons (Fsp3) is 0.636. The normalized spacial score (nSPS) is 24.7. The number of aromatic amines is 1. The molecule has 1 saturated heterocycles. The SMILES string of the molecule is CCCC1(C(=O)O)CCCN1S(=O)(=O)c1ccn[nH]1. The summed E-state index contributed by atoms with van der Waals surface area (Å²) in [5, 5.41) is 15.5. The Bertz CT molecular complexity index is 555. The molecule has 2 rings (SSSR count). The number of rotatable bonds is 5. The zero-order valence-corrected chi connectivity index (χ0v) is 11.5. The third-order valence-corrected chi connectivity index (χ3v) is 5.43. The van der Waals surface area contributed by atoms with E-state index in [1.54, 1.807) is 0 Å². The van der Waals surface area contributed by atoms with Gasteiger partial charge in [0.2, 0.25) is 0 Å². The molecule has 2 N–H and O–H groups in total. The topological polar surface area (TPSA) is 103 Å². The number of carboxylic acid groups (broad SMARTS) is 1. The van der Waals surface area contributed by atoms with Crippen LogP contribution in [0, 0.1) is 0 Å². The molecule has 1 fully saturated rings. The smallest absolute Gasteiger partial charge is 0.325 e. The van der Waals surface area contributed by atoms with Gasteiger partial charge < -0.3 is 5.11 Å². The molecule has 0 amide bonds. The quantitative estimate of drug-likeness (QED) is 0.834. The minimum absolute atomic E-state index is 0.0591. The van der Waals surface area contributed by atoms with Gasteiger partial charge in [0.15, 0.2) is 5.03 Å². The zero-order chi connectivity index (χ0) is 14.1. The van der Waals surface area contributed by atoms with Crippen LogP contribution in [0.25, 0.3) is 0 Å². The first-order chi connectivity index (χ1) is 8.95. The number of sulfonamides is 1. The molecule has 0 bridgehead atoms. The predicted molar refractivity (Wildman–Crippen MR) is 67.0 cm³/mol. The highest BCUT2D eigenvalue weighted by Crippen LogP contribution is 2.37. The van der Waals surface area contributed by atoms with Gasteiger partial charge in [0.25, 0.3) is 10.0 Å². The van der Waals surface area contributed by atoms with Crippen molar-refractivity contribution in [3.05, 3.63) is 12.3 Å². The second kappa shape index (κ2) is 4.93. The van der Waals surface area contributed by atoms with Crippen molar-refractivity contribution in [2.75, 3.05) is 6.54 Å². The highest BCUT2D eigenvalue weighted by molar-refractivity contribution is 7.89. The van der Waals surface area contributed by atoms with Crippen LogP contribution in [0.2, 0.25) is 0 Å². The van der Waals surface area contributed by atoms with E-state index in [1.165, 1.54) is 12.3 Å². The Kier molecular flexibility index (Phi) is 3.64. The number of aliphatic carboxylic acids is 1. The average Bonchev–Trinajstić information content (AvgIpc) is 2.99. The van der Waals surface area contributed by atoms with E-state index in [2.05, 4.69) is 10.2 Å². The molecule has 1 atom stereocenters. The van der Waals surface area contributed by atoms with Crippen molar-refractivity contribution in [2.24, 2.45) is 0 Å². The third kappa shape index (κ3) is 2.14. The fourth-order valence-electron chi connectivity index (χ4n) is 2.69. The lowest BCUT2D eigenvalue weighted by Gasteiger charge is -2.33. The number of H-pyrrole nitrogens is 1. The van der Waals surface area contributed by atoms with Gasteiger partial charge >= 0.3 is 5.97 Å². The van der Waals surface area contributed by atoms with Crippen LogP contribution in [0.5, 0.6) is 0 Å². The number of carboxylic acids is 1. The van der Waals surface area contributed by atoms with Crippen molar-refractivity contribution in [1.82, 2.24) is 14.5 Å². The Morgan fingerprint density at radius 2 is 2.37 bits per heavy atom. The Morgan fingerprint density at radius 1 is 1.63 bits per heavy atom. The number of nitrogens with zero attached hydrogens (tertiary/aromatic N) is 2. The number of nitrogens with one attached hydrogen (secondary N) is 1. The molecule has 106 valence electrons. The van der Waals surface area contributed by atoms with Crippen molar-refractivity contribution < 1.29 is 18.3 Å². The van der Waals surface area contributed by atoms with Gasteiger partial charge in [0.1, 0.15) is 5.54 Å². The van der Waals surface area contributed by atoms with Crippen LogP contribution in [0.4, 0.5) is 0 Å². The van der Waals surface area contributed by atoms with Gasteiger partial charge in [0, 0.05) is 6.54 Å². The molecule has 1 aliphatic heterocycles. The van der Waals surface area contributed by atoms with E-state index < -0.39 is 21.5 Å². The molecule has 0 saturated carbocycles. The van der Waals surface area contributed by atoms with Crippen molar-refractivity contribution in [2.45, 2.75) is 43.2 Å². The molecule has 8 heteroatoms. The lowest BCUT2D eigenvalue weighted by Crippen LogP contribution is -2.52. The zero-order valence-electron chi connectivity index (χ0n) is 10.7. The molecule has 0 aliphatic carbocycles. The van der Waals surface area contributed by atoms with Gasteiger partial charge in [-0.15, -0.1) is 0 Å². The van der Waals surface area contributed by atoms with Crippen LogP contribution in [-0.4, -0.2) is 46.1 Å². The second-order valence-electron chi connectivity index (χ2n) is 4.69. The lowest BCUT2D eigenvalue weighted by atomic mass is 9.92. The van der Waals surface area contributed by atoms with E-state index in [-0.39, 0.29) is 11.6 Å².